The predicted octanol–water partition coefficient (Wildman–Crippen LogP) is -2.26. The van der Waals surface area contributed by atoms with Crippen LogP contribution in [0, 0.1) is 20.8 Å². The predicted molar refractivity (Wildman–Crippen MR) is 51.2 cm³/mol. The Bertz CT molecular complexity index is 361. The van der Waals surface area contributed by atoms with Crippen molar-refractivity contribution in [1.29, 1.82) is 0 Å². The molecule has 0 bridgehead atoms. The topological polar surface area (TPSA) is 49.4 Å². The molecular formula is C11H13LiO3. The van der Waals surface area contributed by atoms with E-state index in [0.29, 0.717) is 5.75 Å². The van der Waals surface area contributed by atoms with Gasteiger partial charge in [-0.15, -0.1) is 0 Å². The SMILES string of the molecule is Cc1cc(C)c(C)c(OCC(=O)[O-])c1.[Li+]. The Morgan fingerprint density at radius 2 is 1.93 bits per heavy atom. The molecule has 3 nitrogen and oxygen atoms in total. The van der Waals surface area contributed by atoms with Crippen molar-refractivity contribution in [2.24, 2.45) is 0 Å². The number of rotatable bonds is 3. The molecule has 0 fully saturated rings. The summed E-state index contributed by atoms with van der Waals surface area (Å²) >= 11 is 0. The van der Waals surface area contributed by atoms with E-state index < -0.39 is 12.6 Å². The van der Waals surface area contributed by atoms with Gasteiger partial charge in [-0.05, 0) is 43.5 Å². The molecule has 0 N–H and O–H groups in total. The van der Waals surface area contributed by atoms with Crippen LogP contribution in [0.1, 0.15) is 16.7 Å². The Morgan fingerprint density at radius 3 is 2.47 bits per heavy atom. The molecule has 0 saturated heterocycles. The maximum atomic E-state index is 10.2. The average Bonchev–Trinajstić information content (AvgIpc) is 2.08. The third kappa shape index (κ3) is 3.99. The van der Waals surface area contributed by atoms with Gasteiger partial charge in [-0.25, -0.2) is 0 Å². The summed E-state index contributed by atoms with van der Waals surface area (Å²) < 4.78 is 5.10. The summed E-state index contributed by atoms with van der Waals surface area (Å²) in [4.78, 5) is 10.2. The standard InChI is InChI=1S/C11H14O3.Li/c1-7-4-8(2)9(3)10(5-7)14-6-11(12)13;/h4-5H,6H2,1-3H3,(H,12,13);/q;+1/p-1. The first-order valence-corrected chi connectivity index (χ1v) is 4.41. The number of benzene rings is 1. The van der Waals surface area contributed by atoms with E-state index in [4.69, 9.17) is 4.74 Å². The maximum absolute atomic E-state index is 10.2. The number of ether oxygens (including phenoxy) is 1. The second-order valence-electron chi connectivity index (χ2n) is 3.37. The Morgan fingerprint density at radius 1 is 1.33 bits per heavy atom. The number of carboxylic acids is 1. The van der Waals surface area contributed by atoms with E-state index in [1.807, 2.05) is 32.9 Å². The maximum Gasteiger partial charge on any atom is 1.00 e. The Labute approximate surface area is 102 Å². The monoisotopic (exact) mass is 200 g/mol. The van der Waals surface area contributed by atoms with E-state index >= 15 is 0 Å². The number of carboxylic acid groups (broad SMARTS) is 1. The summed E-state index contributed by atoms with van der Waals surface area (Å²) in [6.07, 6.45) is 0. The van der Waals surface area contributed by atoms with E-state index in [1.54, 1.807) is 0 Å². The van der Waals surface area contributed by atoms with Crippen LogP contribution in [0.3, 0.4) is 0 Å². The number of aryl methyl sites for hydroxylation is 2. The summed E-state index contributed by atoms with van der Waals surface area (Å²) in [5.41, 5.74) is 3.12. The van der Waals surface area contributed by atoms with E-state index in [2.05, 4.69) is 0 Å². The molecule has 0 heterocycles. The molecule has 15 heavy (non-hydrogen) atoms. The van der Waals surface area contributed by atoms with Crippen LogP contribution in [0.4, 0.5) is 0 Å². The van der Waals surface area contributed by atoms with Gasteiger partial charge in [-0.1, -0.05) is 6.07 Å². The fraction of sp³-hybridized carbons (Fsp3) is 0.364. The molecular weight excluding hydrogens is 187 g/mol. The number of carbonyl (C=O) groups excluding carboxylic acids is 1. The van der Waals surface area contributed by atoms with Crippen molar-refractivity contribution in [2.75, 3.05) is 6.61 Å². The minimum absolute atomic E-state index is 0. The zero-order valence-corrected chi connectivity index (χ0v) is 9.59. The van der Waals surface area contributed by atoms with Crippen LogP contribution in [0.25, 0.3) is 0 Å². The van der Waals surface area contributed by atoms with Gasteiger partial charge in [-0.2, -0.15) is 0 Å². The normalized spacial score (nSPS) is 9.27. The molecule has 0 spiro atoms. The van der Waals surface area contributed by atoms with E-state index in [1.165, 1.54) is 0 Å². The van der Waals surface area contributed by atoms with Crippen LogP contribution in [-0.4, -0.2) is 12.6 Å². The van der Waals surface area contributed by atoms with Gasteiger partial charge in [0.25, 0.3) is 0 Å². The molecule has 0 aliphatic heterocycles. The van der Waals surface area contributed by atoms with Crippen molar-refractivity contribution >= 4 is 5.97 Å². The first-order valence-electron chi connectivity index (χ1n) is 4.41. The molecule has 1 aromatic carbocycles. The first kappa shape index (κ1) is 14.1. The molecule has 0 unspecified atom stereocenters. The number of hydrogen-bond acceptors (Lipinski definition) is 3. The fourth-order valence-corrected chi connectivity index (χ4v) is 1.29. The number of carbonyl (C=O) groups is 1. The zero-order valence-electron chi connectivity index (χ0n) is 9.59. The van der Waals surface area contributed by atoms with Crippen LogP contribution >= 0.6 is 0 Å². The Hall–Kier alpha value is -0.913. The summed E-state index contributed by atoms with van der Waals surface area (Å²) in [5, 5.41) is 10.2. The van der Waals surface area contributed by atoms with Crippen LogP contribution < -0.4 is 28.7 Å². The second kappa shape index (κ2) is 5.84. The largest absolute Gasteiger partial charge is 1.00 e. The van der Waals surface area contributed by atoms with Crippen molar-refractivity contribution in [3.8, 4) is 5.75 Å². The van der Waals surface area contributed by atoms with Gasteiger partial charge in [-0.3, -0.25) is 0 Å². The molecule has 0 aliphatic rings. The van der Waals surface area contributed by atoms with Crippen molar-refractivity contribution in [2.45, 2.75) is 20.8 Å². The van der Waals surface area contributed by atoms with Gasteiger partial charge in [0.1, 0.15) is 12.4 Å². The Balaban J connectivity index is 0.00000196. The molecule has 4 heteroatoms. The average molecular weight is 200 g/mol. The number of aliphatic carboxylic acids is 1. The molecule has 0 aliphatic carbocycles. The minimum Gasteiger partial charge on any atom is -0.546 e. The van der Waals surface area contributed by atoms with Crippen molar-refractivity contribution < 1.29 is 33.5 Å². The molecule has 1 rings (SSSR count). The van der Waals surface area contributed by atoms with Crippen LogP contribution in [0.5, 0.6) is 5.75 Å². The molecule has 0 radical (unpaired) electrons. The molecule has 0 aromatic heterocycles. The molecule has 0 amide bonds. The molecule has 0 saturated carbocycles. The Kier molecular flexibility index (Phi) is 5.49. The summed E-state index contributed by atoms with van der Waals surface area (Å²) in [5.74, 6) is -0.588. The van der Waals surface area contributed by atoms with E-state index in [0.717, 1.165) is 16.7 Å². The van der Waals surface area contributed by atoms with Gasteiger partial charge in [0.05, 0.1) is 5.97 Å². The van der Waals surface area contributed by atoms with Crippen LogP contribution in [-0.2, 0) is 4.79 Å². The van der Waals surface area contributed by atoms with Gasteiger partial charge in [0.15, 0.2) is 0 Å². The van der Waals surface area contributed by atoms with Gasteiger partial charge >= 0.3 is 18.9 Å². The van der Waals surface area contributed by atoms with Crippen LogP contribution in [0.2, 0.25) is 0 Å². The van der Waals surface area contributed by atoms with Crippen molar-refractivity contribution in [3.63, 3.8) is 0 Å². The number of hydrogen-bond donors (Lipinski definition) is 0. The van der Waals surface area contributed by atoms with Crippen molar-refractivity contribution in [3.05, 3.63) is 28.8 Å². The van der Waals surface area contributed by atoms with Gasteiger partial charge < -0.3 is 14.6 Å². The molecule has 0 atom stereocenters. The summed E-state index contributed by atoms with van der Waals surface area (Å²) in [6, 6.07) is 3.85. The minimum atomic E-state index is -1.21. The zero-order chi connectivity index (χ0) is 10.7. The van der Waals surface area contributed by atoms with E-state index in [-0.39, 0.29) is 18.9 Å². The van der Waals surface area contributed by atoms with Crippen molar-refractivity contribution in [1.82, 2.24) is 0 Å². The second-order valence-corrected chi connectivity index (χ2v) is 3.37. The van der Waals surface area contributed by atoms with Gasteiger partial charge in [0, 0.05) is 0 Å². The third-order valence-electron chi connectivity index (χ3n) is 2.11. The smallest absolute Gasteiger partial charge is 0.546 e. The quantitative estimate of drug-likeness (QED) is 0.518. The fourth-order valence-electron chi connectivity index (χ4n) is 1.29. The van der Waals surface area contributed by atoms with Gasteiger partial charge in [0.2, 0.25) is 0 Å². The van der Waals surface area contributed by atoms with Crippen LogP contribution in [0.15, 0.2) is 12.1 Å². The molecule has 76 valence electrons. The summed E-state index contributed by atoms with van der Waals surface area (Å²) in [7, 11) is 0. The first-order chi connectivity index (χ1) is 6.50. The van der Waals surface area contributed by atoms with E-state index in [9.17, 15) is 9.90 Å². The third-order valence-corrected chi connectivity index (χ3v) is 2.11. The molecule has 1 aromatic rings. The summed E-state index contributed by atoms with van der Waals surface area (Å²) in [6.45, 7) is 5.41.